The predicted octanol–water partition coefficient (Wildman–Crippen LogP) is 3.16. The molecule has 1 unspecified atom stereocenters. The summed E-state index contributed by atoms with van der Waals surface area (Å²) >= 11 is 1.47. The molecule has 2 N–H and O–H groups in total. The molecule has 26 heavy (non-hydrogen) atoms. The van der Waals surface area contributed by atoms with Crippen molar-refractivity contribution >= 4 is 23.2 Å². The maximum absolute atomic E-state index is 12.3. The van der Waals surface area contributed by atoms with Crippen LogP contribution in [0.5, 0.6) is 0 Å². The van der Waals surface area contributed by atoms with Gasteiger partial charge in [-0.1, -0.05) is 60.7 Å². The van der Waals surface area contributed by atoms with E-state index in [4.69, 9.17) is 0 Å². The second-order valence-corrected chi connectivity index (χ2v) is 6.69. The van der Waals surface area contributed by atoms with E-state index >= 15 is 0 Å². The van der Waals surface area contributed by atoms with E-state index in [1.807, 2.05) is 66.0 Å². The Bertz CT molecular complexity index is 878. The standard InChI is InChI=1S/C20H18N2O3S/c23-18(22-17(20(24)25)11-14-7-3-1-4-8-14)12-16-13-26-19(21-16)15-9-5-2-6-10-15/h1-10,13,17H,11-12H2,(H,22,23)(H,24,25). The smallest absolute Gasteiger partial charge is 0.326 e. The summed E-state index contributed by atoms with van der Waals surface area (Å²) in [5.41, 5.74) is 2.49. The van der Waals surface area contributed by atoms with E-state index in [9.17, 15) is 14.7 Å². The lowest BCUT2D eigenvalue weighted by atomic mass is 10.1. The van der Waals surface area contributed by atoms with Crippen LogP contribution in [0.1, 0.15) is 11.3 Å². The summed E-state index contributed by atoms with van der Waals surface area (Å²) in [6, 6.07) is 18.0. The number of carboxylic acids is 1. The van der Waals surface area contributed by atoms with Crippen LogP contribution < -0.4 is 5.32 Å². The van der Waals surface area contributed by atoms with Crippen LogP contribution >= 0.6 is 11.3 Å². The Hall–Kier alpha value is -2.99. The van der Waals surface area contributed by atoms with Crippen molar-refractivity contribution in [3.05, 3.63) is 77.3 Å². The molecule has 0 aliphatic carbocycles. The molecule has 132 valence electrons. The number of amides is 1. The largest absolute Gasteiger partial charge is 0.480 e. The molecule has 1 amide bonds. The van der Waals surface area contributed by atoms with Crippen molar-refractivity contribution in [2.24, 2.45) is 0 Å². The second kappa shape index (κ2) is 8.40. The number of aromatic nitrogens is 1. The highest BCUT2D eigenvalue weighted by Crippen LogP contribution is 2.23. The molecule has 0 fully saturated rings. The second-order valence-electron chi connectivity index (χ2n) is 5.83. The van der Waals surface area contributed by atoms with Crippen LogP contribution in [0.15, 0.2) is 66.0 Å². The Balaban J connectivity index is 1.62. The Morgan fingerprint density at radius 2 is 1.69 bits per heavy atom. The summed E-state index contributed by atoms with van der Waals surface area (Å²) in [5, 5.41) is 14.6. The maximum Gasteiger partial charge on any atom is 0.326 e. The number of nitrogens with one attached hydrogen (secondary N) is 1. The highest BCUT2D eigenvalue weighted by atomic mass is 32.1. The fourth-order valence-electron chi connectivity index (χ4n) is 2.56. The van der Waals surface area contributed by atoms with Crippen molar-refractivity contribution in [2.75, 3.05) is 0 Å². The summed E-state index contributed by atoms with van der Waals surface area (Å²) in [6.45, 7) is 0. The van der Waals surface area contributed by atoms with Gasteiger partial charge in [0.05, 0.1) is 12.1 Å². The first-order chi connectivity index (χ1) is 12.6. The van der Waals surface area contributed by atoms with Crippen molar-refractivity contribution in [3.63, 3.8) is 0 Å². The van der Waals surface area contributed by atoms with Gasteiger partial charge in [0, 0.05) is 17.4 Å². The Labute approximate surface area is 155 Å². The topological polar surface area (TPSA) is 79.3 Å². The van der Waals surface area contributed by atoms with E-state index in [0.717, 1.165) is 16.1 Å². The molecule has 0 bridgehead atoms. The first-order valence-electron chi connectivity index (χ1n) is 8.18. The van der Waals surface area contributed by atoms with Gasteiger partial charge in [-0.3, -0.25) is 4.79 Å². The quantitative estimate of drug-likeness (QED) is 0.673. The molecule has 0 saturated carbocycles. The molecule has 5 nitrogen and oxygen atoms in total. The zero-order chi connectivity index (χ0) is 18.4. The van der Waals surface area contributed by atoms with Gasteiger partial charge in [-0.15, -0.1) is 11.3 Å². The molecule has 0 spiro atoms. The van der Waals surface area contributed by atoms with Crippen molar-refractivity contribution in [3.8, 4) is 10.6 Å². The number of carbonyl (C=O) groups excluding carboxylic acids is 1. The molecule has 3 rings (SSSR count). The molecule has 0 aliphatic rings. The van der Waals surface area contributed by atoms with E-state index in [1.54, 1.807) is 0 Å². The monoisotopic (exact) mass is 366 g/mol. The van der Waals surface area contributed by atoms with Gasteiger partial charge in [-0.05, 0) is 5.56 Å². The first kappa shape index (κ1) is 17.8. The van der Waals surface area contributed by atoms with E-state index in [0.29, 0.717) is 5.69 Å². The highest BCUT2D eigenvalue weighted by Gasteiger charge is 2.21. The van der Waals surface area contributed by atoms with Crippen molar-refractivity contribution in [2.45, 2.75) is 18.9 Å². The summed E-state index contributed by atoms with van der Waals surface area (Å²) in [7, 11) is 0. The lowest BCUT2D eigenvalue weighted by molar-refractivity contribution is -0.141. The van der Waals surface area contributed by atoms with Crippen LogP contribution in [-0.4, -0.2) is 28.0 Å². The lowest BCUT2D eigenvalue weighted by Gasteiger charge is -2.14. The van der Waals surface area contributed by atoms with Crippen LogP contribution in [0, 0.1) is 0 Å². The molecule has 0 aliphatic heterocycles. The van der Waals surface area contributed by atoms with Gasteiger partial charge < -0.3 is 10.4 Å². The third-order valence-corrected chi connectivity index (χ3v) is 4.77. The predicted molar refractivity (Wildman–Crippen MR) is 101 cm³/mol. The molecule has 6 heteroatoms. The van der Waals surface area contributed by atoms with Crippen molar-refractivity contribution < 1.29 is 14.7 Å². The zero-order valence-electron chi connectivity index (χ0n) is 14.0. The SMILES string of the molecule is O=C(Cc1csc(-c2ccccc2)n1)NC(Cc1ccccc1)C(=O)O. The van der Waals surface area contributed by atoms with Crippen LogP contribution in [0.25, 0.3) is 10.6 Å². The number of rotatable bonds is 7. The molecule has 1 heterocycles. The summed E-state index contributed by atoms with van der Waals surface area (Å²) < 4.78 is 0. The van der Waals surface area contributed by atoms with Crippen LogP contribution in [-0.2, 0) is 22.4 Å². The van der Waals surface area contributed by atoms with Crippen LogP contribution in [0.2, 0.25) is 0 Å². The number of hydrogen-bond donors (Lipinski definition) is 2. The number of thiazole rings is 1. The average molecular weight is 366 g/mol. The van der Waals surface area contributed by atoms with E-state index in [-0.39, 0.29) is 18.7 Å². The number of benzene rings is 2. The number of carbonyl (C=O) groups is 2. The van der Waals surface area contributed by atoms with Crippen molar-refractivity contribution in [1.82, 2.24) is 10.3 Å². The van der Waals surface area contributed by atoms with Crippen LogP contribution in [0.3, 0.4) is 0 Å². The van der Waals surface area contributed by atoms with Gasteiger partial charge in [-0.25, -0.2) is 9.78 Å². The zero-order valence-corrected chi connectivity index (χ0v) is 14.8. The minimum absolute atomic E-state index is 0.0574. The molecule has 1 atom stereocenters. The summed E-state index contributed by atoms with van der Waals surface area (Å²) in [6.07, 6.45) is 0.302. The van der Waals surface area contributed by atoms with E-state index in [2.05, 4.69) is 10.3 Å². The fourth-order valence-corrected chi connectivity index (χ4v) is 3.39. The van der Waals surface area contributed by atoms with E-state index < -0.39 is 12.0 Å². The third kappa shape index (κ3) is 4.77. The van der Waals surface area contributed by atoms with Gasteiger partial charge in [0.25, 0.3) is 0 Å². The number of nitrogens with zero attached hydrogens (tertiary/aromatic N) is 1. The minimum Gasteiger partial charge on any atom is -0.480 e. The number of aliphatic carboxylic acids is 1. The molecule has 2 aromatic carbocycles. The Kier molecular flexibility index (Phi) is 5.76. The summed E-state index contributed by atoms with van der Waals surface area (Å²) in [5.74, 6) is -1.40. The van der Waals surface area contributed by atoms with Gasteiger partial charge in [0.2, 0.25) is 5.91 Å². The van der Waals surface area contributed by atoms with Gasteiger partial charge >= 0.3 is 5.97 Å². The Morgan fingerprint density at radius 3 is 2.35 bits per heavy atom. The molecule has 3 aromatic rings. The molecular formula is C20H18N2O3S. The van der Waals surface area contributed by atoms with Gasteiger partial charge in [0.1, 0.15) is 11.0 Å². The highest BCUT2D eigenvalue weighted by molar-refractivity contribution is 7.13. The van der Waals surface area contributed by atoms with Crippen LogP contribution in [0.4, 0.5) is 0 Å². The maximum atomic E-state index is 12.3. The van der Waals surface area contributed by atoms with E-state index in [1.165, 1.54) is 11.3 Å². The Morgan fingerprint density at radius 1 is 1.04 bits per heavy atom. The first-order valence-corrected chi connectivity index (χ1v) is 9.05. The molecule has 0 radical (unpaired) electrons. The normalized spacial score (nSPS) is 11.7. The van der Waals surface area contributed by atoms with Gasteiger partial charge in [0.15, 0.2) is 0 Å². The lowest BCUT2D eigenvalue weighted by Crippen LogP contribution is -2.43. The summed E-state index contributed by atoms with van der Waals surface area (Å²) in [4.78, 5) is 28.2. The minimum atomic E-state index is -1.05. The average Bonchev–Trinajstić information content (AvgIpc) is 3.11. The molecule has 1 aromatic heterocycles. The molecule has 0 saturated heterocycles. The van der Waals surface area contributed by atoms with Crippen molar-refractivity contribution in [1.29, 1.82) is 0 Å². The third-order valence-electron chi connectivity index (χ3n) is 3.83. The number of hydrogen-bond acceptors (Lipinski definition) is 4. The molecular weight excluding hydrogens is 348 g/mol. The number of carboxylic acid groups (broad SMARTS) is 1. The van der Waals surface area contributed by atoms with Gasteiger partial charge in [-0.2, -0.15) is 0 Å². The fraction of sp³-hybridized carbons (Fsp3) is 0.150.